The van der Waals surface area contributed by atoms with Gasteiger partial charge in [0.1, 0.15) is 5.75 Å². The zero-order valence-electron chi connectivity index (χ0n) is 18.0. The Kier molecular flexibility index (Phi) is 6.68. The van der Waals surface area contributed by atoms with Crippen LogP contribution in [0.1, 0.15) is 58.3 Å². The largest absolute Gasteiger partial charge is 0.494 e. The van der Waals surface area contributed by atoms with E-state index in [9.17, 15) is 13.2 Å². The van der Waals surface area contributed by atoms with Crippen LogP contribution < -0.4 is 4.74 Å². The van der Waals surface area contributed by atoms with Crippen molar-refractivity contribution in [2.75, 3.05) is 26.2 Å². The third kappa shape index (κ3) is 4.37. The van der Waals surface area contributed by atoms with E-state index in [1.54, 1.807) is 24.3 Å². The summed E-state index contributed by atoms with van der Waals surface area (Å²) in [5, 5.41) is 0. The summed E-state index contributed by atoms with van der Waals surface area (Å²) in [6, 6.07) is 7.03. The molecule has 0 radical (unpaired) electrons. The number of ether oxygens (including phenoxy) is 1. The number of piperidine rings is 2. The summed E-state index contributed by atoms with van der Waals surface area (Å²) >= 11 is 0. The molecule has 1 saturated carbocycles. The summed E-state index contributed by atoms with van der Waals surface area (Å²) in [6.45, 7) is 4.15. The van der Waals surface area contributed by atoms with Crippen molar-refractivity contribution >= 4 is 15.9 Å². The molecule has 4 rings (SSSR count). The van der Waals surface area contributed by atoms with Crippen LogP contribution >= 0.6 is 0 Å². The Labute approximate surface area is 180 Å². The molecule has 7 heteroatoms. The number of hydrogen-bond acceptors (Lipinski definition) is 4. The van der Waals surface area contributed by atoms with Crippen molar-refractivity contribution < 1.29 is 17.9 Å². The topological polar surface area (TPSA) is 66.9 Å². The molecule has 2 saturated heterocycles. The first-order chi connectivity index (χ1) is 14.5. The highest BCUT2D eigenvalue weighted by Gasteiger charge is 2.39. The minimum Gasteiger partial charge on any atom is -0.494 e. The SMILES string of the molecule is CCOc1ccc(S(=O)(=O)N2CCC(C(=O)N3CCCC4CCCCC43)CC2)cc1. The van der Waals surface area contributed by atoms with Gasteiger partial charge in [0, 0.05) is 31.6 Å². The molecule has 1 aromatic carbocycles. The van der Waals surface area contributed by atoms with E-state index >= 15 is 0 Å². The molecule has 6 nitrogen and oxygen atoms in total. The van der Waals surface area contributed by atoms with Gasteiger partial charge in [-0.25, -0.2) is 8.42 Å². The summed E-state index contributed by atoms with van der Waals surface area (Å²) in [5.41, 5.74) is 0. The fraction of sp³-hybridized carbons (Fsp3) is 0.696. The predicted octanol–water partition coefficient (Wildman–Crippen LogP) is 3.67. The third-order valence-corrected chi connectivity index (χ3v) is 9.01. The highest BCUT2D eigenvalue weighted by atomic mass is 32.2. The molecule has 1 amide bonds. The minimum absolute atomic E-state index is 0.0440. The average Bonchev–Trinajstić information content (AvgIpc) is 2.79. The van der Waals surface area contributed by atoms with Crippen molar-refractivity contribution in [2.24, 2.45) is 11.8 Å². The summed E-state index contributed by atoms with van der Waals surface area (Å²) in [7, 11) is -3.53. The highest BCUT2D eigenvalue weighted by Crippen LogP contribution is 2.37. The number of nitrogens with zero attached hydrogens (tertiary/aromatic N) is 2. The molecule has 2 unspecified atom stereocenters. The van der Waals surface area contributed by atoms with Crippen LogP contribution in [-0.2, 0) is 14.8 Å². The Balaban J connectivity index is 1.37. The second-order valence-corrected chi connectivity index (χ2v) is 10.8. The Hall–Kier alpha value is -1.60. The molecule has 166 valence electrons. The van der Waals surface area contributed by atoms with Gasteiger partial charge in [-0.1, -0.05) is 12.8 Å². The third-order valence-electron chi connectivity index (χ3n) is 7.10. The zero-order chi connectivity index (χ0) is 21.1. The molecule has 0 spiro atoms. The van der Waals surface area contributed by atoms with Gasteiger partial charge in [0.05, 0.1) is 11.5 Å². The number of rotatable bonds is 5. The molecule has 0 bridgehead atoms. The fourth-order valence-electron chi connectivity index (χ4n) is 5.50. The molecule has 0 N–H and O–H groups in total. The van der Waals surface area contributed by atoms with Gasteiger partial charge in [0.25, 0.3) is 0 Å². The molecule has 1 aromatic rings. The number of carbonyl (C=O) groups is 1. The highest BCUT2D eigenvalue weighted by molar-refractivity contribution is 7.89. The van der Waals surface area contributed by atoms with Gasteiger partial charge in [-0.2, -0.15) is 4.31 Å². The van der Waals surface area contributed by atoms with Gasteiger partial charge in [0.15, 0.2) is 0 Å². The number of amides is 1. The van der Waals surface area contributed by atoms with Crippen molar-refractivity contribution in [3.05, 3.63) is 24.3 Å². The van der Waals surface area contributed by atoms with E-state index in [-0.39, 0.29) is 16.7 Å². The molecule has 2 heterocycles. The van der Waals surface area contributed by atoms with E-state index in [4.69, 9.17) is 4.74 Å². The van der Waals surface area contributed by atoms with Gasteiger partial charge in [-0.05, 0) is 75.6 Å². The van der Waals surface area contributed by atoms with Crippen LogP contribution in [0.25, 0.3) is 0 Å². The molecular weight excluding hydrogens is 400 g/mol. The van der Waals surface area contributed by atoms with Gasteiger partial charge in [0.2, 0.25) is 15.9 Å². The van der Waals surface area contributed by atoms with Crippen LogP contribution in [0.3, 0.4) is 0 Å². The predicted molar refractivity (Wildman–Crippen MR) is 116 cm³/mol. The molecule has 1 aliphatic carbocycles. The average molecular weight is 435 g/mol. The maximum atomic E-state index is 13.3. The lowest BCUT2D eigenvalue weighted by Gasteiger charge is -2.46. The van der Waals surface area contributed by atoms with Crippen molar-refractivity contribution in [1.82, 2.24) is 9.21 Å². The van der Waals surface area contributed by atoms with Gasteiger partial charge < -0.3 is 9.64 Å². The second-order valence-electron chi connectivity index (χ2n) is 8.87. The molecule has 30 heavy (non-hydrogen) atoms. The van der Waals surface area contributed by atoms with Gasteiger partial charge in [-0.3, -0.25) is 4.79 Å². The monoisotopic (exact) mass is 434 g/mol. The standard InChI is InChI=1S/C23H34N2O4S/c1-2-29-20-9-11-21(12-10-20)30(27,28)24-16-13-19(14-17-24)23(26)25-15-5-7-18-6-3-4-8-22(18)25/h9-12,18-19,22H,2-8,13-17H2,1H3. The first kappa shape index (κ1) is 21.6. The number of carbonyl (C=O) groups excluding carboxylic acids is 1. The molecule has 0 aromatic heterocycles. The van der Waals surface area contributed by atoms with E-state index in [0.717, 1.165) is 19.4 Å². The number of benzene rings is 1. The number of sulfonamides is 1. The number of likely N-dealkylation sites (tertiary alicyclic amines) is 1. The van der Waals surface area contributed by atoms with Crippen molar-refractivity contribution in [2.45, 2.75) is 69.2 Å². The Morgan fingerprint density at radius 2 is 1.63 bits per heavy atom. The van der Waals surface area contributed by atoms with Crippen molar-refractivity contribution in [1.29, 1.82) is 0 Å². The van der Waals surface area contributed by atoms with Crippen LogP contribution in [0.15, 0.2) is 29.2 Å². The summed E-state index contributed by atoms with van der Waals surface area (Å²) in [5.74, 6) is 1.57. The molecule has 2 aliphatic heterocycles. The Bertz CT molecular complexity index is 829. The lowest BCUT2D eigenvalue weighted by Crippen LogP contribution is -2.53. The maximum Gasteiger partial charge on any atom is 0.243 e. The summed E-state index contributed by atoms with van der Waals surface area (Å²) < 4.78 is 33.0. The normalized spacial score (nSPS) is 26.2. The fourth-order valence-corrected chi connectivity index (χ4v) is 6.97. The van der Waals surface area contributed by atoms with Crippen LogP contribution in [0, 0.1) is 11.8 Å². The zero-order valence-corrected chi connectivity index (χ0v) is 18.8. The molecular formula is C23H34N2O4S. The van der Waals surface area contributed by atoms with Gasteiger partial charge in [-0.15, -0.1) is 0 Å². The van der Waals surface area contributed by atoms with E-state index < -0.39 is 10.0 Å². The second kappa shape index (κ2) is 9.27. The van der Waals surface area contributed by atoms with Crippen LogP contribution in [-0.4, -0.2) is 55.8 Å². The van der Waals surface area contributed by atoms with E-state index in [0.29, 0.717) is 50.2 Å². The van der Waals surface area contributed by atoms with Crippen molar-refractivity contribution in [3.8, 4) is 5.75 Å². The minimum atomic E-state index is -3.53. The van der Waals surface area contributed by atoms with Crippen molar-refractivity contribution in [3.63, 3.8) is 0 Å². The first-order valence-electron chi connectivity index (χ1n) is 11.5. The number of fused-ring (bicyclic) bond motifs is 1. The Morgan fingerprint density at radius 1 is 0.967 bits per heavy atom. The van der Waals surface area contributed by atoms with Gasteiger partial charge >= 0.3 is 0 Å². The van der Waals surface area contributed by atoms with E-state index in [1.807, 2.05) is 6.92 Å². The lowest BCUT2D eigenvalue weighted by atomic mass is 9.77. The van der Waals surface area contributed by atoms with Crippen LogP contribution in [0.2, 0.25) is 0 Å². The van der Waals surface area contributed by atoms with E-state index in [2.05, 4.69) is 4.90 Å². The number of hydrogen-bond donors (Lipinski definition) is 0. The molecule has 3 fully saturated rings. The lowest BCUT2D eigenvalue weighted by molar-refractivity contribution is -0.143. The molecule has 3 aliphatic rings. The summed E-state index contributed by atoms with van der Waals surface area (Å²) in [6.07, 6.45) is 8.51. The van der Waals surface area contributed by atoms with Crippen LogP contribution in [0.4, 0.5) is 0 Å². The van der Waals surface area contributed by atoms with E-state index in [1.165, 1.54) is 30.0 Å². The summed E-state index contributed by atoms with van der Waals surface area (Å²) in [4.78, 5) is 15.7. The molecule has 2 atom stereocenters. The smallest absolute Gasteiger partial charge is 0.243 e. The Morgan fingerprint density at radius 3 is 2.33 bits per heavy atom. The quantitative estimate of drug-likeness (QED) is 0.709. The maximum absolute atomic E-state index is 13.3. The first-order valence-corrected chi connectivity index (χ1v) is 13.0. The van der Waals surface area contributed by atoms with Crippen LogP contribution in [0.5, 0.6) is 5.75 Å².